The molecule has 2 heterocycles. The zero-order valence-electron chi connectivity index (χ0n) is 8.57. The van der Waals surface area contributed by atoms with Gasteiger partial charge in [0.15, 0.2) is 5.16 Å². The SMILES string of the molecule is O=C(O)CSc1nc(=O)ccn1-c1ccsc1. The molecule has 0 atom stereocenters. The van der Waals surface area contributed by atoms with E-state index in [0.29, 0.717) is 5.16 Å². The summed E-state index contributed by atoms with van der Waals surface area (Å²) in [4.78, 5) is 25.5. The highest BCUT2D eigenvalue weighted by molar-refractivity contribution is 7.99. The van der Waals surface area contributed by atoms with Crippen molar-refractivity contribution < 1.29 is 9.90 Å². The molecule has 0 aliphatic heterocycles. The van der Waals surface area contributed by atoms with Crippen LogP contribution < -0.4 is 5.56 Å². The zero-order valence-corrected chi connectivity index (χ0v) is 10.2. The predicted octanol–water partition coefficient (Wildman–Crippen LogP) is 1.47. The third kappa shape index (κ3) is 2.95. The summed E-state index contributed by atoms with van der Waals surface area (Å²) in [6, 6.07) is 3.23. The van der Waals surface area contributed by atoms with Gasteiger partial charge in [0, 0.05) is 17.6 Å². The van der Waals surface area contributed by atoms with Crippen LogP contribution in [-0.4, -0.2) is 26.4 Å². The van der Waals surface area contributed by atoms with Crippen LogP contribution in [0.25, 0.3) is 5.69 Å². The molecule has 0 radical (unpaired) electrons. The van der Waals surface area contributed by atoms with Crippen LogP contribution in [0.2, 0.25) is 0 Å². The van der Waals surface area contributed by atoms with Crippen molar-refractivity contribution in [2.24, 2.45) is 0 Å². The molecule has 88 valence electrons. The van der Waals surface area contributed by atoms with Gasteiger partial charge in [-0.15, -0.1) is 0 Å². The number of thioether (sulfide) groups is 1. The van der Waals surface area contributed by atoms with Gasteiger partial charge in [-0.25, -0.2) is 0 Å². The maximum Gasteiger partial charge on any atom is 0.313 e. The molecule has 2 aromatic rings. The normalized spacial score (nSPS) is 10.4. The maximum absolute atomic E-state index is 11.2. The van der Waals surface area contributed by atoms with Gasteiger partial charge in [-0.3, -0.25) is 14.2 Å². The monoisotopic (exact) mass is 268 g/mol. The number of carbonyl (C=O) groups is 1. The van der Waals surface area contributed by atoms with Gasteiger partial charge in [-0.05, 0) is 11.4 Å². The third-order valence-corrected chi connectivity index (χ3v) is 3.50. The Kier molecular flexibility index (Phi) is 3.60. The van der Waals surface area contributed by atoms with E-state index in [0.717, 1.165) is 17.4 Å². The third-order valence-electron chi connectivity index (χ3n) is 1.89. The Morgan fingerprint density at radius 1 is 1.53 bits per heavy atom. The van der Waals surface area contributed by atoms with Gasteiger partial charge in [0.25, 0.3) is 5.56 Å². The van der Waals surface area contributed by atoms with Gasteiger partial charge in [-0.1, -0.05) is 11.8 Å². The van der Waals surface area contributed by atoms with Crippen LogP contribution in [0.3, 0.4) is 0 Å². The summed E-state index contributed by atoms with van der Waals surface area (Å²) in [5, 5.41) is 12.8. The molecule has 17 heavy (non-hydrogen) atoms. The first-order valence-electron chi connectivity index (χ1n) is 4.63. The van der Waals surface area contributed by atoms with Crippen LogP contribution in [0, 0.1) is 0 Å². The van der Waals surface area contributed by atoms with E-state index >= 15 is 0 Å². The van der Waals surface area contributed by atoms with Gasteiger partial charge in [-0.2, -0.15) is 16.3 Å². The molecule has 0 bridgehead atoms. The van der Waals surface area contributed by atoms with Gasteiger partial charge in [0.05, 0.1) is 11.4 Å². The van der Waals surface area contributed by atoms with Crippen LogP contribution >= 0.6 is 23.1 Å². The largest absolute Gasteiger partial charge is 0.481 e. The number of carboxylic acids is 1. The number of carboxylic acid groups (broad SMARTS) is 1. The Bertz CT molecular complexity index is 577. The summed E-state index contributed by atoms with van der Waals surface area (Å²) < 4.78 is 1.70. The highest BCUT2D eigenvalue weighted by Crippen LogP contribution is 2.19. The number of rotatable bonds is 4. The molecule has 0 saturated heterocycles. The van der Waals surface area contributed by atoms with Crippen LogP contribution in [0.15, 0.2) is 39.0 Å². The molecule has 0 unspecified atom stereocenters. The quantitative estimate of drug-likeness (QED) is 0.671. The van der Waals surface area contributed by atoms with Gasteiger partial charge in [0.1, 0.15) is 0 Å². The summed E-state index contributed by atoms with van der Waals surface area (Å²) in [6.07, 6.45) is 1.60. The lowest BCUT2D eigenvalue weighted by Gasteiger charge is -2.08. The minimum atomic E-state index is -0.940. The molecular formula is C10H8N2O3S2. The second kappa shape index (κ2) is 5.15. The molecule has 0 amide bonds. The van der Waals surface area contributed by atoms with Crippen molar-refractivity contribution in [2.75, 3.05) is 5.75 Å². The van der Waals surface area contributed by atoms with E-state index in [1.54, 1.807) is 10.8 Å². The van der Waals surface area contributed by atoms with Gasteiger partial charge in [0.2, 0.25) is 0 Å². The number of aromatic nitrogens is 2. The fraction of sp³-hybridized carbons (Fsp3) is 0.100. The second-order valence-corrected chi connectivity index (χ2v) is 4.80. The fourth-order valence-electron chi connectivity index (χ4n) is 1.21. The average Bonchev–Trinajstić information content (AvgIpc) is 2.80. The van der Waals surface area contributed by atoms with Crippen molar-refractivity contribution in [3.05, 3.63) is 39.4 Å². The first kappa shape index (κ1) is 11.9. The number of hydrogen-bond donors (Lipinski definition) is 1. The lowest BCUT2D eigenvalue weighted by Crippen LogP contribution is -2.12. The highest BCUT2D eigenvalue weighted by atomic mass is 32.2. The Morgan fingerprint density at radius 3 is 3.00 bits per heavy atom. The Morgan fingerprint density at radius 2 is 2.35 bits per heavy atom. The van der Waals surface area contributed by atoms with E-state index in [-0.39, 0.29) is 11.3 Å². The topological polar surface area (TPSA) is 72.2 Å². The van der Waals surface area contributed by atoms with Gasteiger partial charge >= 0.3 is 5.97 Å². The summed E-state index contributed by atoms with van der Waals surface area (Å²) in [6.45, 7) is 0. The van der Waals surface area contributed by atoms with E-state index in [1.165, 1.54) is 17.4 Å². The van der Waals surface area contributed by atoms with Crippen LogP contribution in [-0.2, 0) is 4.79 Å². The standard InChI is InChI=1S/C10H8N2O3S2/c13-8-1-3-12(7-2-4-16-5-7)10(11-8)17-6-9(14)15/h1-5H,6H2,(H,14,15). The van der Waals surface area contributed by atoms with Gasteiger partial charge < -0.3 is 5.11 Å². The molecule has 7 heteroatoms. The molecule has 0 aliphatic carbocycles. The average molecular weight is 268 g/mol. The van der Waals surface area contributed by atoms with Crippen molar-refractivity contribution in [1.82, 2.24) is 9.55 Å². The van der Waals surface area contributed by atoms with Crippen molar-refractivity contribution in [3.8, 4) is 5.69 Å². The van der Waals surface area contributed by atoms with E-state index in [4.69, 9.17) is 5.11 Å². The Labute approximate surface area is 105 Å². The summed E-state index contributed by atoms with van der Waals surface area (Å²) in [5.41, 5.74) is 0.500. The first-order valence-corrected chi connectivity index (χ1v) is 6.56. The smallest absolute Gasteiger partial charge is 0.313 e. The van der Waals surface area contributed by atoms with Crippen molar-refractivity contribution in [3.63, 3.8) is 0 Å². The van der Waals surface area contributed by atoms with E-state index in [9.17, 15) is 9.59 Å². The number of hydrogen-bond acceptors (Lipinski definition) is 5. The number of aliphatic carboxylic acids is 1. The van der Waals surface area contributed by atoms with Crippen molar-refractivity contribution in [2.45, 2.75) is 5.16 Å². The molecule has 1 N–H and O–H groups in total. The molecule has 0 aliphatic rings. The molecule has 2 rings (SSSR count). The lowest BCUT2D eigenvalue weighted by atomic mass is 10.5. The minimum Gasteiger partial charge on any atom is -0.481 e. The van der Waals surface area contributed by atoms with Crippen molar-refractivity contribution in [1.29, 1.82) is 0 Å². The molecule has 0 fully saturated rings. The Balaban J connectivity index is 2.38. The first-order chi connectivity index (χ1) is 8.16. The van der Waals surface area contributed by atoms with Crippen molar-refractivity contribution >= 4 is 29.1 Å². The van der Waals surface area contributed by atoms with E-state index in [1.807, 2.05) is 16.8 Å². The van der Waals surface area contributed by atoms with Crippen LogP contribution in [0.1, 0.15) is 0 Å². The molecule has 5 nitrogen and oxygen atoms in total. The summed E-state index contributed by atoms with van der Waals surface area (Å²) in [5.74, 6) is -1.06. The summed E-state index contributed by atoms with van der Waals surface area (Å²) in [7, 11) is 0. The number of nitrogens with zero attached hydrogens (tertiary/aromatic N) is 2. The number of thiophene rings is 1. The second-order valence-electron chi connectivity index (χ2n) is 3.08. The zero-order chi connectivity index (χ0) is 12.3. The minimum absolute atomic E-state index is 0.124. The fourth-order valence-corrected chi connectivity index (χ4v) is 2.55. The molecule has 0 aromatic carbocycles. The van der Waals surface area contributed by atoms with E-state index in [2.05, 4.69) is 4.98 Å². The lowest BCUT2D eigenvalue weighted by molar-refractivity contribution is -0.133. The maximum atomic E-state index is 11.2. The summed E-state index contributed by atoms with van der Waals surface area (Å²) >= 11 is 2.54. The molecule has 0 spiro atoms. The molecule has 2 aromatic heterocycles. The predicted molar refractivity (Wildman–Crippen MR) is 66.1 cm³/mol. The van der Waals surface area contributed by atoms with Crippen LogP contribution in [0.4, 0.5) is 0 Å². The highest BCUT2D eigenvalue weighted by Gasteiger charge is 2.08. The molecular weight excluding hydrogens is 260 g/mol. The van der Waals surface area contributed by atoms with Crippen LogP contribution in [0.5, 0.6) is 0 Å². The molecule has 0 saturated carbocycles. The van der Waals surface area contributed by atoms with E-state index < -0.39 is 5.97 Å². The Hall–Kier alpha value is -1.60.